The maximum absolute atomic E-state index is 12.5. The van der Waals surface area contributed by atoms with Crippen LogP contribution in [0.25, 0.3) is 5.13 Å². The topological polar surface area (TPSA) is 107 Å². The molecule has 1 aromatic carbocycles. The summed E-state index contributed by atoms with van der Waals surface area (Å²) in [5.74, 6) is 0.0252. The zero-order chi connectivity index (χ0) is 18.9. The Bertz CT molecular complexity index is 1050. The lowest BCUT2D eigenvalue weighted by Gasteiger charge is -2.14. The first-order chi connectivity index (χ1) is 12.3. The number of benzene rings is 1. The first-order valence-electron chi connectivity index (χ1n) is 7.37. The number of carbonyl (C=O) groups excluding carboxylic acids is 1. The predicted octanol–water partition coefficient (Wildman–Crippen LogP) is 2.38. The average Bonchev–Trinajstić information content (AvgIpc) is 3.24. The van der Waals surface area contributed by atoms with E-state index in [2.05, 4.69) is 20.4 Å². The van der Waals surface area contributed by atoms with E-state index in [1.807, 2.05) is 5.38 Å². The Morgan fingerprint density at radius 2 is 2.04 bits per heavy atom. The molecule has 0 saturated carbocycles. The van der Waals surface area contributed by atoms with Crippen LogP contribution in [0.1, 0.15) is 29.1 Å². The van der Waals surface area contributed by atoms with Crippen molar-refractivity contribution in [2.45, 2.75) is 17.9 Å². The quantitative estimate of drug-likeness (QED) is 0.646. The summed E-state index contributed by atoms with van der Waals surface area (Å²) in [5, 5.41) is 9.49. The van der Waals surface area contributed by atoms with Gasteiger partial charge in [0.1, 0.15) is 6.33 Å². The summed E-state index contributed by atoms with van der Waals surface area (Å²) in [6.45, 7) is 1.74. The highest BCUT2D eigenvalue weighted by Crippen LogP contribution is 2.21. The van der Waals surface area contributed by atoms with Crippen molar-refractivity contribution in [1.29, 1.82) is 0 Å². The van der Waals surface area contributed by atoms with E-state index in [-0.39, 0.29) is 29.0 Å². The first-order valence-corrected chi connectivity index (χ1v) is 10.5. The molecule has 0 spiro atoms. The first kappa shape index (κ1) is 21.4. The van der Waals surface area contributed by atoms with E-state index in [1.54, 1.807) is 13.1 Å². The standard InChI is InChI=1S/C15H14ClN5O3S2.H2S/c1-9(13-18-8-19-21(13)15-17-3-4-25-15)20-14(22)10-5-11(16)7-12(6-10)26(2,23)24;/h3-9H,1-2H3,(H,20,22);1H2/t9-;/m1./s1. The molecule has 0 radical (unpaired) electrons. The van der Waals surface area contributed by atoms with E-state index in [0.717, 1.165) is 6.26 Å². The summed E-state index contributed by atoms with van der Waals surface area (Å²) in [6, 6.07) is 3.50. The molecule has 0 aliphatic rings. The molecule has 3 aromatic rings. The SMILES string of the molecule is C[C@@H](NC(=O)c1cc(Cl)cc(S(C)(=O)=O)c1)c1ncnn1-c1nccs1.S. The van der Waals surface area contributed by atoms with Crippen molar-refractivity contribution in [2.75, 3.05) is 6.26 Å². The van der Waals surface area contributed by atoms with Crippen molar-refractivity contribution in [1.82, 2.24) is 25.1 Å². The molecule has 0 saturated heterocycles. The molecule has 0 unspecified atom stereocenters. The summed E-state index contributed by atoms with van der Waals surface area (Å²) in [7, 11) is -3.49. The predicted molar refractivity (Wildman–Crippen MR) is 108 cm³/mol. The fraction of sp³-hybridized carbons (Fsp3) is 0.200. The van der Waals surface area contributed by atoms with Crippen LogP contribution >= 0.6 is 36.4 Å². The van der Waals surface area contributed by atoms with Gasteiger partial charge in [-0.3, -0.25) is 4.79 Å². The van der Waals surface area contributed by atoms with Crippen LogP contribution in [0.15, 0.2) is 41.0 Å². The molecule has 1 amide bonds. The molecule has 2 aromatic heterocycles. The smallest absolute Gasteiger partial charge is 0.251 e. The van der Waals surface area contributed by atoms with Crippen molar-refractivity contribution >= 4 is 52.2 Å². The third-order valence-electron chi connectivity index (χ3n) is 3.47. The Morgan fingerprint density at radius 3 is 2.67 bits per heavy atom. The summed E-state index contributed by atoms with van der Waals surface area (Å²) in [6.07, 6.45) is 4.08. The number of nitrogens with one attached hydrogen (secondary N) is 1. The van der Waals surface area contributed by atoms with Gasteiger partial charge in [0.2, 0.25) is 5.13 Å². The van der Waals surface area contributed by atoms with Gasteiger partial charge in [0, 0.05) is 28.4 Å². The van der Waals surface area contributed by atoms with Crippen LogP contribution < -0.4 is 5.32 Å². The number of amides is 1. The lowest BCUT2D eigenvalue weighted by Crippen LogP contribution is -2.28. The van der Waals surface area contributed by atoms with Crippen LogP contribution in [0, 0.1) is 0 Å². The second-order valence-electron chi connectivity index (χ2n) is 5.49. The molecular weight excluding hydrogens is 430 g/mol. The van der Waals surface area contributed by atoms with Crippen LogP contribution in [0.4, 0.5) is 0 Å². The summed E-state index contributed by atoms with van der Waals surface area (Å²) >= 11 is 7.34. The number of halogens is 1. The highest BCUT2D eigenvalue weighted by Gasteiger charge is 2.20. The van der Waals surface area contributed by atoms with Gasteiger partial charge in [-0.25, -0.2) is 18.4 Å². The average molecular weight is 446 g/mol. The monoisotopic (exact) mass is 445 g/mol. The van der Waals surface area contributed by atoms with Gasteiger partial charge in [-0.1, -0.05) is 11.6 Å². The van der Waals surface area contributed by atoms with Gasteiger partial charge in [-0.15, -0.1) is 11.3 Å². The minimum atomic E-state index is -3.49. The van der Waals surface area contributed by atoms with E-state index >= 15 is 0 Å². The van der Waals surface area contributed by atoms with E-state index in [1.165, 1.54) is 40.5 Å². The zero-order valence-electron chi connectivity index (χ0n) is 14.2. The molecule has 1 atom stereocenters. The molecule has 0 aliphatic carbocycles. The van der Waals surface area contributed by atoms with Crippen LogP contribution in [-0.4, -0.2) is 40.3 Å². The van der Waals surface area contributed by atoms with Gasteiger partial charge < -0.3 is 5.32 Å². The van der Waals surface area contributed by atoms with Crippen molar-refractivity contribution in [3.8, 4) is 5.13 Å². The second kappa shape index (κ2) is 8.38. The normalized spacial score (nSPS) is 12.3. The molecule has 0 bridgehead atoms. The summed E-state index contributed by atoms with van der Waals surface area (Å²) in [5.41, 5.74) is 0.144. The lowest BCUT2D eigenvalue weighted by atomic mass is 10.2. The maximum atomic E-state index is 12.5. The molecule has 3 rings (SSSR count). The Morgan fingerprint density at radius 1 is 1.30 bits per heavy atom. The van der Waals surface area contributed by atoms with Gasteiger partial charge in [-0.05, 0) is 25.1 Å². The summed E-state index contributed by atoms with van der Waals surface area (Å²) in [4.78, 5) is 20.9. The van der Waals surface area contributed by atoms with Crippen LogP contribution in [0.3, 0.4) is 0 Å². The molecule has 12 heteroatoms. The number of hydrogen-bond donors (Lipinski definition) is 1. The van der Waals surface area contributed by atoms with Crippen molar-refractivity contribution in [3.05, 3.63) is 52.5 Å². The van der Waals surface area contributed by atoms with E-state index in [4.69, 9.17) is 11.6 Å². The third kappa shape index (κ3) is 4.86. The largest absolute Gasteiger partial charge is 0.342 e. The van der Waals surface area contributed by atoms with E-state index in [0.29, 0.717) is 11.0 Å². The van der Waals surface area contributed by atoms with E-state index < -0.39 is 21.8 Å². The molecule has 0 aliphatic heterocycles. The summed E-state index contributed by atoms with van der Waals surface area (Å²) < 4.78 is 25.0. The Hall–Kier alpha value is -1.95. The van der Waals surface area contributed by atoms with Gasteiger partial charge in [0.15, 0.2) is 15.7 Å². The lowest BCUT2D eigenvalue weighted by molar-refractivity contribution is 0.0937. The van der Waals surface area contributed by atoms with Crippen LogP contribution in [0.5, 0.6) is 0 Å². The fourth-order valence-electron chi connectivity index (χ4n) is 2.27. The minimum absolute atomic E-state index is 0. The minimum Gasteiger partial charge on any atom is -0.342 e. The maximum Gasteiger partial charge on any atom is 0.251 e. The molecule has 27 heavy (non-hydrogen) atoms. The van der Waals surface area contributed by atoms with Gasteiger partial charge >= 0.3 is 0 Å². The molecular formula is C15H16ClN5O3S3. The number of aromatic nitrogens is 4. The zero-order valence-corrected chi connectivity index (χ0v) is 17.6. The number of rotatable bonds is 5. The van der Waals surface area contributed by atoms with Crippen molar-refractivity contribution in [2.24, 2.45) is 0 Å². The highest BCUT2D eigenvalue weighted by molar-refractivity contribution is 7.90. The molecule has 0 fully saturated rings. The molecule has 2 heterocycles. The van der Waals surface area contributed by atoms with Crippen molar-refractivity contribution in [3.63, 3.8) is 0 Å². The fourth-order valence-corrected chi connectivity index (χ4v) is 3.85. The third-order valence-corrected chi connectivity index (χ3v) is 5.53. The number of sulfone groups is 1. The van der Waals surface area contributed by atoms with Crippen LogP contribution in [0.2, 0.25) is 5.02 Å². The number of nitrogens with zero attached hydrogens (tertiary/aromatic N) is 4. The number of thiazole rings is 1. The van der Waals surface area contributed by atoms with Gasteiger partial charge in [-0.2, -0.15) is 23.3 Å². The molecule has 8 nitrogen and oxygen atoms in total. The highest BCUT2D eigenvalue weighted by atomic mass is 35.5. The Labute approximate surface area is 172 Å². The number of carbonyl (C=O) groups is 1. The van der Waals surface area contributed by atoms with Crippen molar-refractivity contribution < 1.29 is 13.2 Å². The van der Waals surface area contributed by atoms with Gasteiger partial charge in [0.25, 0.3) is 5.91 Å². The molecule has 1 N–H and O–H groups in total. The molecule has 144 valence electrons. The van der Waals surface area contributed by atoms with Gasteiger partial charge in [0.05, 0.1) is 10.9 Å². The second-order valence-corrected chi connectivity index (χ2v) is 8.81. The number of hydrogen-bond acceptors (Lipinski definition) is 7. The Kier molecular flexibility index (Phi) is 6.63. The van der Waals surface area contributed by atoms with Crippen LogP contribution in [-0.2, 0) is 9.84 Å². The Balaban J connectivity index is 0.00000261. The van der Waals surface area contributed by atoms with E-state index in [9.17, 15) is 13.2 Å².